The van der Waals surface area contributed by atoms with Gasteiger partial charge in [-0.25, -0.2) is 4.39 Å². The van der Waals surface area contributed by atoms with Crippen LogP contribution in [0.4, 0.5) is 4.39 Å². The highest BCUT2D eigenvalue weighted by Crippen LogP contribution is 2.24. The lowest BCUT2D eigenvalue weighted by atomic mass is 10.1. The molecule has 0 aliphatic carbocycles. The van der Waals surface area contributed by atoms with Gasteiger partial charge in [0.1, 0.15) is 17.7 Å². The molecule has 2 N–H and O–H groups in total. The molecular weight excluding hydrogens is 309 g/mol. The average molecular weight is 326 g/mol. The average Bonchev–Trinajstić information content (AvgIpc) is 2.87. The number of amides is 1. The minimum atomic E-state index is -0.393. The number of carbonyl (C=O) groups is 1. The summed E-state index contributed by atoms with van der Waals surface area (Å²) in [6.07, 6.45) is 0. The van der Waals surface area contributed by atoms with Crippen molar-refractivity contribution < 1.29 is 9.18 Å². The highest BCUT2D eigenvalue weighted by Gasteiger charge is 2.32. The van der Waals surface area contributed by atoms with Crippen LogP contribution in [0.3, 0.4) is 0 Å². The number of carbonyl (C=O) groups excluding carboxylic acids is 1. The number of rotatable bonds is 3. The first-order valence-corrected chi connectivity index (χ1v) is 6.76. The van der Waals surface area contributed by atoms with Crippen LogP contribution < -0.4 is 5.73 Å². The van der Waals surface area contributed by atoms with Crippen molar-refractivity contribution in [1.82, 2.24) is 19.7 Å². The van der Waals surface area contributed by atoms with Crippen LogP contribution in [0.15, 0.2) is 24.3 Å². The van der Waals surface area contributed by atoms with Crippen molar-refractivity contribution in [3.05, 3.63) is 47.3 Å². The lowest BCUT2D eigenvalue weighted by Gasteiger charge is -2.32. The maximum atomic E-state index is 13.2. The second kappa shape index (κ2) is 6.41. The molecule has 0 bridgehead atoms. The van der Waals surface area contributed by atoms with Crippen molar-refractivity contribution >= 4 is 18.3 Å². The van der Waals surface area contributed by atoms with E-state index in [1.807, 2.05) is 0 Å². The molecule has 1 aromatic carbocycles. The number of halogens is 2. The Labute approximate surface area is 133 Å². The lowest BCUT2D eigenvalue weighted by Crippen LogP contribution is -2.41. The summed E-state index contributed by atoms with van der Waals surface area (Å²) >= 11 is 0. The predicted octanol–water partition coefficient (Wildman–Crippen LogP) is 1.40. The summed E-state index contributed by atoms with van der Waals surface area (Å²) in [5, 5.41) is 8.09. The molecule has 0 spiro atoms. The fourth-order valence-electron chi connectivity index (χ4n) is 2.67. The number of hydrogen-bond acceptors (Lipinski definition) is 4. The van der Waals surface area contributed by atoms with Crippen molar-refractivity contribution in [2.24, 2.45) is 5.73 Å². The van der Waals surface area contributed by atoms with Gasteiger partial charge in [0.2, 0.25) is 5.91 Å². The van der Waals surface area contributed by atoms with E-state index >= 15 is 0 Å². The Morgan fingerprint density at radius 2 is 2.18 bits per heavy atom. The van der Waals surface area contributed by atoms with Crippen molar-refractivity contribution in [3.8, 4) is 0 Å². The van der Waals surface area contributed by atoms with Gasteiger partial charge in [-0.15, -0.1) is 22.6 Å². The highest BCUT2D eigenvalue weighted by molar-refractivity contribution is 5.85. The summed E-state index contributed by atoms with van der Waals surface area (Å²) in [5.41, 5.74) is 6.36. The van der Waals surface area contributed by atoms with Crippen molar-refractivity contribution in [1.29, 1.82) is 0 Å². The Bertz CT molecular complexity index is 690. The zero-order valence-corrected chi connectivity index (χ0v) is 12.9. The molecule has 1 aliphatic heterocycles. The summed E-state index contributed by atoms with van der Waals surface area (Å²) < 4.78 is 15.0. The summed E-state index contributed by atoms with van der Waals surface area (Å²) in [6, 6.07) is 5.86. The molecule has 6 nitrogen and oxygen atoms in total. The molecule has 3 rings (SSSR count). The van der Waals surface area contributed by atoms with Gasteiger partial charge in [-0.05, 0) is 24.6 Å². The maximum Gasteiger partial charge on any atom is 0.246 e. The summed E-state index contributed by atoms with van der Waals surface area (Å²) in [5.74, 6) is 0.968. The number of fused-ring (bicyclic) bond motifs is 1. The Hall–Kier alpha value is -1.99. The van der Waals surface area contributed by atoms with Gasteiger partial charge in [0.15, 0.2) is 5.82 Å². The van der Waals surface area contributed by atoms with E-state index in [-0.39, 0.29) is 30.7 Å². The second-order valence-corrected chi connectivity index (χ2v) is 5.11. The largest absolute Gasteiger partial charge is 0.329 e. The zero-order chi connectivity index (χ0) is 15.0. The molecule has 8 heteroatoms. The normalized spacial score (nSPS) is 17.1. The van der Waals surface area contributed by atoms with Crippen molar-refractivity contribution in [3.63, 3.8) is 0 Å². The molecule has 1 aromatic heterocycles. The third-order valence-electron chi connectivity index (χ3n) is 3.67. The minimum absolute atomic E-state index is 0. The fraction of sp³-hybridized carbons (Fsp3) is 0.357. The molecule has 118 valence electrons. The molecular formula is C14H17ClFN5O. The SMILES string of the molecule is C[C@H]1C(=O)N(Cc2cccc(F)c2)Cc2nnc(CN)n21.Cl. The van der Waals surface area contributed by atoms with E-state index in [4.69, 9.17) is 5.73 Å². The van der Waals surface area contributed by atoms with Gasteiger partial charge >= 0.3 is 0 Å². The first kappa shape index (κ1) is 16.4. The van der Waals surface area contributed by atoms with Crippen LogP contribution in [-0.4, -0.2) is 25.6 Å². The number of aromatic nitrogens is 3. The molecule has 0 saturated carbocycles. The standard InChI is InChI=1S/C14H16FN5O.ClH/c1-9-14(21)19(7-10-3-2-4-11(15)5-10)8-13-18-17-12(6-16)20(9)13;/h2-5,9H,6-8,16H2,1H3;1H/t9-;/m0./s1. The number of hydrogen-bond donors (Lipinski definition) is 1. The van der Waals surface area contributed by atoms with Gasteiger partial charge in [-0.1, -0.05) is 12.1 Å². The topological polar surface area (TPSA) is 77.0 Å². The quantitative estimate of drug-likeness (QED) is 0.925. The molecule has 1 amide bonds. The monoisotopic (exact) mass is 325 g/mol. The van der Waals surface area contributed by atoms with E-state index in [9.17, 15) is 9.18 Å². The van der Waals surface area contributed by atoms with Gasteiger partial charge in [0, 0.05) is 6.54 Å². The zero-order valence-electron chi connectivity index (χ0n) is 12.1. The van der Waals surface area contributed by atoms with E-state index in [0.29, 0.717) is 24.7 Å². The van der Waals surface area contributed by atoms with Crippen LogP contribution in [-0.2, 0) is 24.4 Å². The Morgan fingerprint density at radius 3 is 2.86 bits per heavy atom. The van der Waals surface area contributed by atoms with Crippen LogP contribution in [0, 0.1) is 5.82 Å². The Morgan fingerprint density at radius 1 is 1.41 bits per heavy atom. The van der Waals surface area contributed by atoms with Gasteiger partial charge in [0.05, 0.1) is 13.1 Å². The summed E-state index contributed by atoms with van der Waals surface area (Å²) in [7, 11) is 0. The van der Waals surface area contributed by atoms with Crippen LogP contribution in [0.5, 0.6) is 0 Å². The van der Waals surface area contributed by atoms with Gasteiger partial charge in [-0.2, -0.15) is 0 Å². The van der Waals surface area contributed by atoms with E-state index in [1.165, 1.54) is 12.1 Å². The smallest absolute Gasteiger partial charge is 0.246 e. The number of nitrogens with two attached hydrogens (primary N) is 1. The molecule has 1 aliphatic rings. The molecule has 1 atom stereocenters. The second-order valence-electron chi connectivity index (χ2n) is 5.11. The third kappa shape index (κ3) is 2.82. The Balaban J connectivity index is 0.00000176. The maximum absolute atomic E-state index is 13.2. The molecule has 0 fully saturated rings. The molecule has 0 unspecified atom stereocenters. The van der Waals surface area contributed by atoms with E-state index in [1.54, 1.807) is 28.5 Å². The van der Waals surface area contributed by atoms with Crippen LogP contribution in [0.2, 0.25) is 0 Å². The molecule has 2 aromatic rings. The van der Waals surface area contributed by atoms with E-state index in [2.05, 4.69) is 10.2 Å². The van der Waals surface area contributed by atoms with Gasteiger partial charge in [0.25, 0.3) is 0 Å². The summed E-state index contributed by atoms with van der Waals surface area (Å²) in [4.78, 5) is 14.1. The number of nitrogens with zero attached hydrogens (tertiary/aromatic N) is 4. The third-order valence-corrected chi connectivity index (χ3v) is 3.67. The molecule has 22 heavy (non-hydrogen) atoms. The van der Waals surface area contributed by atoms with E-state index in [0.717, 1.165) is 5.56 Å². The lowest BCUT2D eigenvalue weighted by molar-refractivity contribution is -0.137. The van der Waals surface area contributed by atoms with Crippen molar-refractivity contribution in [2.45, 2.75) is 32.6 Å². The first-order valence-electron chi connectivity index (χ1n) is 6.76. The Kier molecular flexibility index (Phi) is 4.77. The molecule has 2 heterocycles. The van der Waals surface area contributed by atoms with Crippen molar-refractivity contribution in [2.75, 3.05) is 0 Å². The van der Waals surface area contributed by atoms with Crippen LogP contribution in [0.1, 0.15) is 30.2 Å². The van der Waals surface area contributed by atoms with Crippen LogP contribution >= 0.6 is 12.4 Å². The minimum Gasteiger partial charge on any atom is -0.329 e. The highest BCUT2D eigenvalue weighted by atomic mass is 35.5. The first-order chi connectivity index (χ1) is 10.1. The molecule has 0 saturated heterocycles. The van der Waals surface area contributed by atoms with Crippen LogP contribution in [0.25, 0.3) is 0 Å². The summed E-state index contributed by atoms with van der Waals surface area (Å²) in [6.45, 7) is 2.75. The van der Waals surface area contributed by atoms with Gasteiger partial charge < -0.3 is 10.6 Å². The predicted molar refractivity (Wildman–Crippen MR) is 80.5 cm³/mol. The van der Waals surface area contributed by atoms with Gasteiger partial charge in [-0.3, -0.25) is 9.36 Å². The van der Waals surface area contributed by atoms with E-state index < -0.39 is 6.04 Å². The molecule has 0 radical (unpaired) electrons. The fourth-order valence-corrected chi connectivity index (χ4v) is 2.67. The number of benzene rings is 1.